The molecule has 1 aliphatic rings. The molecule has 1 aliphatic heterocycles. The Bertz CT molecular complexity index is 241. The van der Waals surface area contributed by atoms with Gasteiger partial charge in [0.1, 0.15) is 0 Å². The van der Waals surface area contributed by atoms with Gasteiger partial charge in [-0.15, -0.1) is 12.4 Å². The molecule has 18 heavy (non-hydrogen) atoms. The summed E-state index contributed by atoms with van der Waals surface area (Å²) in [6.07, 6.45) is 2.60. The number of aliphatic carboxylic acids is 1. The van der Waals surface area contributed by atoms with Crippen LogP contribution in [-0.2, 0) is 4.79 Å². The first-order chi connectivity index (χ1) is 7.99. The van der Waals surface area contributed by atoms with E-state index in [0.717, 1.165) is 19.6 Å². The molecule has 1 N–H and O–H groups in total. The minimum absolute atomic E-state index is 0. The average molecular weight is 279 g/mol. The highest BCUT2D eigenvalue weighted by Crippen LogP contribution is 2.17. The Morgan fingerprint density at radius 3 is 2.39 bits per heavy atom. The van der Waals surface area contributed by atoms with Gasteiger partial charge in [-0.3, -0.25) is 9.69 Å². The van der Waals surface area contributed by atoms with Crippen LogP contribution in [0.15, 0.2) is 0 Å². The van der Waals surface area contributed by atoms with Crippen LogP contribution >= 0.6 is 12.4 Å². The maximum absolute atomic E-state index is 10.7. The Morgan fingerprint density at radius 1 is 1.39 bits per heavy atom. The summed E-state index contributed by atoms with van der Waals surface area (Å²) >= 11 is 0. The van der Waals surface area contributed by atoms with Gasteiger partial charge in [0.15, 0.2) is 0 Å². The van der Waals surface area contributed by atoms with Crippen molar-refractivity contribution in [1.29, 1.82) is 0 Å². The minimum Gasteiger partial charge on any atom is -0.481 e. The van der Waals surface area contributed by atoms with E-state index in [0.29, 0.717) is 18.5 Å². The Balaban J connectivity index is 0.00000289. The topological polar surface area (TPSA) is 43.8 Å². The number of hydrogen-bond donors (Lipinski definition) is 1. The summed E-state index contributed by atoms with van der Waals surface area (Å²) in [7, 11) is 2.15. The summed E-state index contributed by atoms with van der Waals surface area (Å²) in [6, 6.07) is 0.577. The molecule has 0 amide bonds. The first-order valence-electron chi connectivity index (χ1n) is 6.63. The van der Waals surface area contributed by atoms with Gasteiger partial charge in [0.25, 0.3) is 0 Å². The van der Waals surface area contributed by atoms with E-state index >= 15 is 0 Å². The highest BCUT2D eigenvalue weighted by Gasteiger charge is 2.23. The van der Waals surface area contributed by atoms with Gasteiger partial charge in [-0.05, 0) is 38.9 Å². The van der Waals surface area contributed by atoms with Gasteiger partial charge < -0.3 is 10.0 Å². The van der Waals surface area contributed by atoms with Crippen molar-refractivity contribution in [3.05, 3.63) is 0 Å². The van der Waals surface area contributed by atoms with E-state index in [4.69, 9.17) is 5.11 Å². The summed E-state index contributed by atoms with van der Waals surface area (Å²) in [5, 5.41) is 8.80. The molecule has 1 rings (SSSR count). The molecule has 0 atom stereocenters. The monoisotopic (exact) mass is 278 g/mol. The van der Waals surface area contributed by atoms with Crippen LogP contribution in [0.2, 0.25) is 0 Å². The molecule has 0 bridgehead atoms. The van der Waals surface area contributed by atoms with E-state index in [2.05, 4.69) is 30.7 Å². The van der Waals surface area contributed by atoms with Crippen LogP contribution in [0, 0.1) is 5.92 Å². The smallest absolute Gasteiger partial charge is 0.304 e. The first-order valence-corrected chi connectivity index (χ1v) is 6.63. The van der Waals surface area contributed by atoms with Crippen molar-refractivity contribution in [1.82, 2.24) is 9.80 Å². The molecule has 4 nitrogen and oxygen atoms in total. The molecular formula is C13H27ClN2O2. The number of nitrogens with zero attached hydrogens (tertiary/aromatic N) is 2. The van der Waals surface area contributed by atoms with Crippen molar-refractivity contribution < 1.29 is 9.90 Å². The third kappa shape index (κ3) is 6.57. The predicted octanol–water partition coefficient (Wildman–Crippen LogP) is 1.94. The van der Waals surface area contributed by atoms with Gasteiger partial charge in [0.05, 0.1) is 6.42 Å². The van der Waals surface area contributed by atoms with Gasteiger partial charge in [-0.25, -0.2) is 0 Å². The second kappa shape index (κ2) is 8.73. The van der Waals surface area contributed by atoms with E-state index in [1.807, 2.05) is 0 Å². The number of likely N-dealkylation sites (tertiary alicyclic amines) is 1. The minimum atomic E-state index is -0.688. The summed E-state index contributed by atoms with van der Waals surface area (Å²) < 4.78 is 0. The number of carboxylic acids is 1. The Morgan fingerprint density at radius 2 is 1.94 bits per heavy atom. The average Bonchev–Trinajstić information content (AvgIpc) is 2.25. The second-order valence-corrected chi connectivity index (χ2v) is 5.57. The van der Waals surface area contributed by atoms with Gasteiger partial charge in [-0.2, -0.15) is 0 Å². The summed E-state index contributed by atoms with van der Waals surface area (Å²) in [5.74, 6) is -0.0878. The first kappa shape index (κ1) is 17.7. The lowest BCUT2D eigenvalue weighted by Crippen LogP contribution is -2.45. The third-order valence-electron chi connectivity index (χ3n) is 3.42. The zero-order valence-corrected chi connectivity index (χ0v) is 12.6. The van der Waals surface area contributed by atoms with Crippen LogP contribution in [0.25, 0.3) is 0 Å². The van der Waals surface area contributed by atoms with Crippen molar-refractivity contribution in [3.8, 4) is 0 Å². The van der Waals surface area contributed by atoms with Gasteiger partial charge in [0, 0.05) is 19.1 Å². The number of piperidine rings is 1. The van der Waals surface area contributed by atoms with E-state index < -0.39 is 5.97 Å². The van der Waals surface area contributed by atoms with E-state index in [-0.39, 0.29) is 18.8 Å². The van der Waals surface area contributed by atoms with Crippen molar-refractivity contribution >= 4 is 18.4 Å². The summed E-state index contributed by atoms with van der Waals surface area (Å²) in [4.78, 5) is 15.4. The van der Waals surface area contributed by atoms with E-state index in [9.17, 15) is 4.79 Å². The van der Waals surface area contributed by atoms with Crippen LogP contribution in [0.4, 0.5) is 0 Å². The number of rotatable bonds is 6. The fourth-order valence-electron chi connectivity index (χ4n) is 2.49. The van der Waals surface area contributed by atoms with Crippen molar-refractivity contribution in [3.63, 3.8) is 0 Å². The zero-order chi connectivity index (χ0) is 12.8. The molecule has 0 unspecified atom stereocenters. The standard InChI is InChI=1S/C13H26N2O2.ClH/c1-11(2)10-15(9-6-13(16)17)12-4-7-14(3)8-5-12;/h11-12H,4-10H2,1-3H3,(H,16,17);1H. The largest absolute Gasteiger partial charge is 0.481 e. The number of halogens is 1. The maximum atomic E-state index is 10.7. The quantitative estimate of drug-likeness (QED) is 0.806. The van der Waals surface area contributed by atoms with Gasteiger partial charge in [0.2, 0.25) is 0 Å². The summed E-state index contributed by atoms with van der Waals surface area (Å²) in [5.41, 5.74) is 0. The van der Waals surface area contributed by atoms with E-state index in [1.54, 1.807) is 0 Å². The Kier molecular flexibility index (Phi) is 8.57. The van der Waals surface area contributed by atoms with Crippen molar-refractivity contribution in [2.45, 2.75) is 39.2 Å². The Hall–Kier alpha value is -0.320. The van der Waals surface area contributed by atoms with Gasteiger partial charge in [-0.1, -0.05) is 13.8 Å². The lowest BCUT2D eigenvalue weighted by molar-refractivity contribution is -0.137. The normalized spacial score (nSPS) is 18.1. The highest BCUT2D eigenvalue weighted by molar-refractivity contribution is 5.85. The molecule has 0 spiro atoms. The maximum Gasteiger partial charge on any atom is 0.304 e. The molecule has 108 valence electrons. The molecule has 0 radical (unpaired) electrons. The molecule has 0 aromatic rings. The summed E-state index contributed by atoms with van der Waals surface area (Å²) in [6.45, 7) is 8.37. The van der Waals surface area contributed by atoms with Crippen LogP contribution in [0.1, 0.15) is 33.1 Å². The molecule has 1 saturated heterocycles. The molecule has 5 heteroatoms. The molecule has 0 aliphatic carbocycles. The third-order valence-corrected chi connectivity index (χ3v) is 3.42. The Labute approximate surface area is 117 Å². The second-order valence-electron chi connectivity index (χ2n) is 5.57. The molecule has 1 fully saturated rings. The molecule has 0 aromatic carbocycles. The number of carbonyl (C=O) groups is 1. The van der Waals surface area contributed by atoms with Crippen molar-refractivity contribution in [2.75, 3.05) is 33.2 Å². The fraction of sp³-hybridized carbons (Fsp3) is 0.923. The molecular weight excluding hydrogens is 252 g/mol. The predicted molar refractivity (Wildman–Crippen MR) is 76.4 cm³/mol. The highest BCUT2D eigenvalue weighted by atomic mass is 35.5. The van der Waals surface area contributed by atoms with Gasteiger partial charge >= 0.3 is 5.97 Å². The SMILES string of the molecule is CC(C)CN(CCC(=O)O)C1CCN(C)CC1.Cl. The van der Waals surface area contributed by atoms with Crippen LogP contribution in [0.3, 0.4) is 0 Å². The van der Waals surface area contributed by atoms with Crippen LogP contribution < -0.4 is 0 Å². The number of carboxylic acid groups (broad SMARTS) is 1. The molecule has 0 aromatic heterocycles. The lowest BCUT2D eigenvalue weighted by atomic mass is 10.0. The van der Waals surface area contributed by atoms with Crippen LogP contribution in [0.5, 0.6) is 0 Å². The molecule has 1 heterocycles. The molecule has 0 saturated carbocycles. The fourth-order valence-corrected chi connectivity index (χ4v) is 2.49. The number of hydrogen-bond acceptors (Lipinski definition) is 3. The zero-order valence-electron chi connectivity index (χ0n) is 11.8. The lowest BCUT2D eigenvalue weighted by Gasteiger charge is -2.38. The van der Waals surface area contributed by atoms with Crippen LogP contribution in [-0.4, -0.2) is 60.1 Å². The van der Waals surface area contributed by atoms with E-state index in [1.165, 1.54) is 12.8 Å². The van der Waals surface area contributed by atoms with Crippen molar-refractivity contribution in [2.24, 2.45) is 5.92 Å².